The summed E-state index contributed by atoms with van der Waals surface area (Å²) in [6, 6.07) is 15.5. The lowest BCUT2D eigenvalue weighted by atomic mass is 9.89. The molecule has 0 N–H and O–H groups in total. The summed E-state index contributed by atoms with van der Waals surface area (Å²) in [6.45, 7) is 3.95. The van der Waals surface area contributed by atoms with Crippen LogP contribution in [0.15, 0.2) is 59.5 Å². The monoisotopic (exact) mass is 385 g/mol. The van der Waals surface area contributed by atoms with Crippen molar-refractivity contribution in [3.63, 3.8) is 0 Å². The molecule has 1 aliphatic rings. The summed E-state index contributed by atoms with van der Waals surface area (Å²) in [7, 11) is -3.89. The summed E-state index contributed by atoms with van der Waals surface area (Å²) < 4.78 is 26.4. The minimum absolute atomic E-state index is 0.0297. The Hall–Kier alpha value is -2.47. The van der Waals surface area contributed by atoms with Gasteiger partial charge in [0.2, 0.25) is 11.8 Å². The SMILES string of the molecule is CCCN1C(=O)C(c2ccccc2)CC(S(=O)(=O)c2ccc(C)cc2)C1=O. The molecule has 1 fully saturated rings. The molecule has 27 heavy (non-hydrogen) atoms. The van der Waals surface area contributed by atoms with E-state index in [-0.39, 0.29) is 23.8 Å². The Morgan fingerprint density at radius 3 is 2.19 bits per heavy atom. The van der Waals surface area contributed by atoms with Crippen LogP contribution >= 0.6 is 0 Å². The van der Waals surface area contributed by atoms with Gasteiger partial charge in [-0.3, -0.25) is 14.5 Å². The van der Waals surface area contributed by atoms with Crippen molar-refractivity contribution in [2.75, 3.05) is 6.54 Å². The molecule has 142 valence electrons. The lowest BCUT2D eigenvalue weighted by Crippen LogP contribution is -2.53. The molecule has 2 unspecified atom stereocenters. The molecule has 0 aromatic heterocycles. The standard InChI is InChI=1S/C21H23NO4S/c1-3-13-22-20(23)18(16-7-5-4-6-8-16)14-19(21(22)24)27(25,26)17-11-9-15(2)10-12-17/h4-12,18-19H,3,13-14H2,1-2H3. The van der Waals surface area contributed by atoms with Crippen molar-refractivity contribution in [2.24, 2.45) is 0 Å². The van der Waals surface area contributed by atoms with Gasteiger partial charge in [0.05, 0.1) is 10.8 Å². The van der Waals surface area contributed by atoms with Crippen LogP contribution in [0.1, 0.15) is 36.8 Å². The summed E-state index contributed by atoms with van der Waals surface area (Å²) in [4.78, 5) is 27.0. The molecule has 0 saturated carbocycles. The Kier molecular flexibility index (Phi) is 5.46. The van der Waals surface area contributed by atoms with E-state index in [4.69, 9.17) is 0 Å². The van der Waals surface area contributed by atoms with Crippen molar-refractivity contribution in [2.45, 2.75) is 42.8 Å². The van der Waals surface area contributed by atoms with Gasteiger partial charge in [-0.2, -0.15) is 0 Å². The highest BCUT2D eigenvalue weighted by atomic mass is 32.2. The highest BCUT2D eigenvalue weighted by Crippen LogP contribution is 2.34. The number of likely N-dealkylation sites (tertiary alicyclic amines) is 1. The van der Waals surface area contributed by atoms with Crippen molar-refractivity contribution >= 4 is 21.7 Å². The highest BCUT2D eigenvalue weighted by molar-refractivity contribution is 7.92. The van der Waals surface area contributed by atoms with E-state index in [1.165, 1.54) is 12.1 Å². The number of nitrogens with zero attached hydrogens (tertiary/aromatic N) is 1. The second-order valence-corrected chi connectivity index (χ2v) is 9.00. The second-order valence-electron chi connectivity index (χ2n) is 6.87. The number of sulfone groups is 1. The van der Waals surface area contributed by atoms with Gasteiger partial charge in [-0.15, -0.1) is 0 Å². The van der Waals surface area contributed by atoms with Crippen LogP contribution in [0, 0.1) is 6.92 Å². The zero-order valence-corrected chi connectivity index (χ0v) is 16.3. The zero-order chi connectivity index (χ0) is 19.6. The normalized spacial score (nSPS) is 20.7. The maximum atomic E-state index is 13.2. The zero-order valence-electron chi connectivity index (χ0n) is 15.5. The van der Waals surface area contributed by atoms with Gasteiger partial charge in [-0.1, -0.05) is 55.0 Å². The van der Waals surface area contributed by atoms with Crippen LogP contribution < -0.4 is 0 Å². The molecule has 2 aromatic carbocycles. The Balaban J connectivity index is 2.04. The Labute approximate surface area is 159 Å². The van der Waals surface area contributed by atoms with Crippen molar-refractivity contribution in [3.05, 3.63) is 65.7 Å². The Bertz CT molecular complexity index is 936. The van der Waals surface area contributed by atoms with Crippen LogP contribution in [0.5, 0.6) is 0 Å². The number of carbonyl (C=O) groups is 2. The second kappa shape index (κ2) is 7.64. The van der Waals surface area contributed by atoms with Crippen molar-refractivity contribution in [3.8, 4) is 0 Å². The predicted octanol–water partition coefficient (Wildman–Crippen LogP) is 3.09. The van der Waals surface area contributed by atoms with Crippen LogP contribution in [0.4, 0.5) is 0 Å². The van der Waals surface area contributed by atoms with Gasteiger partial charge in [0.25, 0.3) is 0 Å². The maximum Gasteiger partial charge on any atom is 0.247 e. The Morgan fingerprint density at radius 2 is 1.59 bits per heavy atom. The fourth-order valence-corrected chi connectivity index (χ4v) is 5.13. The Morgan fingerprint density at radius 1 is 0.963 bits per heavy atom. The molecule has 1 saturated heterocycles. The van der Waals surface area contributed by atoms with Gasteiger partial charge in [0.1, 0.15) is 5.25 Å². The molecular formula is C21H23NO4S. The summed E-state index contributed by atoms with van der Waals surface area (Å²) in [6.07, 6.45) is 0.550. The molecular weight excluding hydrogens is 362 g/mol. The van der Waals surface area contributed by atoms with E-state index in [0.29, 0.717) is 6.42 Å². The third kappa shape index (κ3) is 3.67. The number of rotatable bonds is 5. The van der Waals surface area contributed by atoms with Gasteiger partial charge in [-0.25, -0.2) is 8.42 Å². The van der Waals surface area contributed by atoms with E-state index in [1.807, 2.05) is 32.0 Å². The minimum atomic E-state index is -3.89. The molecule has 2 atom stereocenters. The summed E-state index contributed by atoms with van der Waals surface area (Å²) in [5.74, 6) is -1.57. The third-order valence-corrected chi connectivity index (χ3v) is 7.00. The van der Waals surface area contributed by atoms with E-state index in [2.05, 4.69) is 0 Å². The first kappa shape index (κ1) is 19.3. The maximum absolute atomic E-state index is 13.2. The molecule has 6 heteroatoms. The number of aryl methyl sites for hydroxylation is 1. The fraction of sp³-hybridized carbons (Fsp3) is 0.333. The average molecular weight is 385 g/mol. The van der Waals surface area contributed by atoms with Gasteiger partial charge < -0.3 is 0 Å². The van der Waals surface area contributed by atoms with Crippen LogP contribution in [-0.2, 0) is 19.4 Å². The van der Waals surface area contributed by atoms with E-state index in [9.17, 15) is 18.0 Å². The van der Waals surface area contributed by atoms with E-state index in [0.717, 1.165) is 16.0 Å². The first-order valence-electron chi connectivity index (χ1n) is 9.07. The van der Waals surface area contributed by atoms with E-state index in [1.54, 1.807) is 24.3 Å². The molecule has 0 bridgehead atoms. The summed E-state index contributed by atoms with van der Waals surface area (Å²) >= 11 is 0. The molecule has 5 nitrogen and oxygen atoms in total. The largest absolute Gasteiger partial charge is 0.281 e. The van der Waals surface area contributed by atoms with Gasteiger partial charge in [-0.05, 0) is 37.5 Å². The van der Waals surface area contributed by atoms with Crippen LogP contribution in [0.2, 0.25) is 0 Å². The van der Waals surface area contributed by atoms with Crippen LogP contribution in [0.25, 0.3) is 0 Å². The first-order chi connectivity index (χ1) is 12.9. The molecule has 1 aliphatic heterocycles. The quantitative estimate of drug-likeness (QED) is 0.742. The first-order valence-corrected chi connectivity index (χ1v) is 10.6. The number of piperidine rings is 1. The molecule has 2 amide bonds. The van der Waals surface area contributed by atoms with E-state index >= 15 is 0 Å². The third-order valence-electron chi connectivity index (χ3n) is 4.93. The molecule has 2 aromatic rings. The predicted molar refractivity (Wildman–Crippen MR) is 103 cm³/mol. The average Bonchev–Trinajstić information content (AvgIpc) is 2.66. The molecule has 1 heterocycles. The fourth-order valence-electron chi connectivity index (χ4n) is 3.45. The van der Waals surface area contributed by atoms with Crippen molar-refractivity contribution < 1.29 is 18.0 Å². The lowest BCUT2D eigenvalue weighted by molar-refractivity contribution is -0.149. The van der Waals surface area contributed by atoms with Gasteiger partial charge in [0, 0.05) is 6.54 Å². The van der Waals surface area contributed by atoms with E-state index < -0.39 is 26.9 Å². The smallest absolute Gasteiger partial charge is 0.247 e. The molecule has 0 radical (unpaired) electrons. The number of imide groups is 1. The molecule has 0 aliphatic carbocycles. The number of carbonyl (C=O) groups excluding carboxylic acids is 2. The molecule has 0 spiro atoms. The number of amides is 2. The lowest BCUT2D eigenvalue weighted by Gasteiger charge is -2.35. The number of hydrogen-bond donors (Lipinski definition) is 0. The summed E-state index contributed by atoms with van der Waals surface area (Å²) in [5.41, 5.74) is 1.68. The topological polar surface area (TPSA) is 71.5 Å². The minimum Gasteiger partial charge on any atom is -0.281 e. The van der Waals surface area contributed by atoms with Crippen LogP contribution in [-0.4, -0.2) is 36.9 Å². The number of hydrogen-bond acceptors (Lipinski definition) is 4. The van der Waals surface area contributed by atoms with Crippen LogP contribution in [0.3, 0.4) is 0 Å². The van der Waals surface area contributed by atoms with Gasteiger partial charge >= 0.3 is 0 Å². The summed E-state index contributed by atoms with van der Waals surface area (Å²) in [5, 5.41) is -1.25. The number of benzene rings is 2. The molecule has 3 rings (SSSR count). The van der Waals surface area contributed by atoms with Crippen molar-refractivity contribution in [1.82, 2.24) is 4.90 Å². The highest BCUT2D eigenvalue weighted by Gasteiger charge is 2.47. The van der Waals surface area contributed by atoms with Gasteiger partial charge in [0.15, 0.2) is 9.84 Å². The van der Waals surface area contributed by atoms with Crippen molar-refractivity contribution in [1.29, 1.82) is 0 Å².